The van der Waals surface area contributed by atoms with E-state index in [1.807, 2.05) is 30.3 Å². The van der Waals surface area contributed by atoms with Gasteiger partial charge in [-0.3, -0.25) is 13.9 Å². The third kappa shape index (κ3) is 8.37. The minimum absolute atomic E-state index is 0.0216. The summed E-state index contributed by atoms with van der Waals surface area (Å²) in [5, 5.41) is 3.20. The highest BCUT2D eigenvalue weighted by molar-refractivity contribution is 7.92. The van der Waals surface area contributed by atoms with Crippen molar-refractivity contribution in [1.82, 2.24) is 10.2 Å². The van der Waals surface area contributed by atoms with Crippen molar-refractivity contribution in [3.05, 3.63) is 130 Å². The van der Waals surface area contributed by atoms with Gasteiger partial charge in [0.2, 0.25) is 11.8 Å². The predicted molar refractivity (Wildman–Crippen MR) is 172 cm³/mol. The Morgan fingerprint density at radius 3 is 2.05 bits per heavy atom. The number of carbonyl (C=O) groups excluding carboxylic acids is 2. The van der Waals surface area contributed by atoms with Crippen LogP contribution in [0.25, 0.3) is 0 Å². The van der Waals surface area contributed by atoms with Gasteiger partial charge in [0.25, 0.3) is 10.0 Å². The minimum Gasteiger partial charge on any atom is -0.352 e. The van der Waals surface area contributed by atoms with E-state index in [1.165, 1.54) is 59.5 Å². The Morgan fingerprint density at radius 2 is 1.45 bits per heavy atom. The molecule has 2 amide bonds. The van der Waals surface area contributed by atoms with Crippen LogP contribution in [-0.4, -0.2) is 43.8 Å². The summed E-state index contributed by atoms with van der Waals surface area (Å²) in [5.41, 5.74) is 1.39. The molecule has 4 aromatic carbocycles. The molecular formula is C33H32Cl2FN3O4S. The summed E-state index contributed by atoms with van der Waals surface area (Å²) in [5.74, 6) is -1.54. The Labute approximate surface area is 267 Å². The molecule has 0 saturated carbocycles. The van der Waals surface area contributed by atoms with Gasteiger partial charge in [0.1, 0.15) is 18.4 Å². The summed E-state index contributed by atoms with van der Waals surface area (Å²) in [4.78, 5) is 29.3. The van der Waals surface area contributed by atoms with E-state index >= 15 is 0 Å². The summed E-state index contributed by atoms with van der Waals surface area (Å²) >= 11 is 12.6. The Morgan fingerprint density at radius 1 is 0.841 bits per heavy atom. The number of nitrogens with one attached hydrogen (secondary N) is 1. The zero-order valence-corrected chi connectivity index (χ0v) is 26.5. The number of rotatable bonds is 12. The van der Waals surface area contributed by atoms with Gasteiger partial charge in [-0.2, -0.15) is 0 Å². The first-order valence-electron chi connectivity index (χ1n) is 13.9. The van der Waals surface area contributed by atoms with Crippen LogP contribution >= 0.6 is 23.2 Å². The largest absolute Gasteiger partial charge is 0.352 e. The van der Waals surface area contributed by atoms with E-state index < -0.39 is 40.2 Å². The molecule has 7 nitrogen and oxygen atoms in total. The normalized spacial score (nSPS) is 12.0. The van der Waals surface area contributed by atoms with Crippen LogP contribution in [0.15, 0.2) is 108 Å². The number of sulfonamides is 1. The van der Waals surface area contributed by atoms with Gasteiger partial charge in [0, 0.05) is 24.0 Å². The van der Waals surface area contributed by atoms with Gasteiger partial charge in [0.15, 0.2) is 0 Å². The van der Waals surface area contributed by atoms with E-state index in [9.17, 15) is 22.4 Å². The second-order valence-electron chi connectivity index (χ2n) is 10.4. The van der Waals surface area contributed by atoms with Crippen LogP contribution in [0, 0.1) is 5.82 Å². The average Bonchev–Trinajstić information content (AvgIpc) is 2.99. The van der Waals surface area contributed by atoms with Crippen molar-refractivity contribution >= 4 is 50.7 Å². The number of nitrogens with zero attached hydrogens (tertiary/aromatic N) is 2. The van der Waals surface area contributed by atoms with Crippen molar-refractivity contribution in [3.63, 3.8) is 0 Å². The van der Waals surface area contributed by atoms with Crippen molar-refractivity contribution < 1.29 is 22.4 Å². The summed E-state index contributed by atoms with van der Waals surface area (Å²) in [7, 11) is -4.31. The number of hydrogen-bond acceptors (Lipinski definition) is 4. The molecule has 44 heavy (non-hydrogen) atoms. The Kier molecular flexibility index (Phi) is 11.0. The van der Waals surface area contributed by atoms with Crippen LogP contribution < -0.4 is 9.62 Å². The van der Waals surface area contributed by atoms with Crippen LogP contribution in [0.4, 0.5) is 10.1 Å². The van der Waals surface area contributed by atoms with Gasteiger partial charge >= 0.3 is 0 Å². The van der Waals surface area contributed by atoms with Crippen LogP contribution in [0.3, 0.4) is 0 Å². The molecule has 0 radical (unpaired) electrons. The first kappa shape index (κ1) is 33.0. The monoisotopic (exact) mass is 655 g/mol. The van der Waals surface area contributed by atoms with Gasteiger partial charge in [-0.15, -0.1) is 0 Å². The van der Waals surface area contributed by atoms with Gasteiger partial charge < -0.3 is 10.2 Å². The fourth-order valence-corrected chi connectivity index (χ4v) is 6.65. The SMILES string of the molecule is CC(C)NC(=O)[C@H](Cc1ccccc1)N(Cc1ccc(F)cc1)C(=O)CN(c1ccc(Cl)cc1Cl)S(=O)(=O)c1ccccc1. The van der Waals surface area contributed by atoms with Crippen LogP contribution in [0.2, 0.25) is 10.0 Å². The van der Waals surface area contributed by atoms with Gasteiger partial charge in [0.05, 0.1) is 15.6 Å². The fourth-order valence-electron chi connectivity index (χ4n) is 4.64. The lowest BCUT2D eigenvalue weighted by molar-refractivity contribution is -0.140. The maximum atomic E-state index is 14.4. The second kappa shape index (κ2) is 14.7. The van der Waals surface area contributed by atoms with Crippen molar-refractivity contribution in [2.45, 2.75) is 43.8 Å². The molecule has 230 valence electrons. The Hall–Kier alpha value is -3.92. The van der Waals surface area contributed by atoms with E-state index in [0.717, 1.165) is 9.87 Å². The smallest absolute Gasteiger partial charge is 0.264 e. The highest BCUT2D eigenvalue weighted by Crippen LogP contribution is 2.33. The van der Waals surface area contributed by atoms with Crippen molar-refractivity contribution in [1.29, 1.82) is 0 Å². The van der Waals surface area contributed by atoms with E-state index in [4.69, 9.17) is 23.2 Å². The highest BCUT2D eigenvalue weighted by Gasteiger charge is 2.35. The molecule has 0 aromatic heterocycles. The van der Waals surface area contributed by atoms with Crippen molar-refractivity contribution in [2.75, 3.05) is 10.8 Å². The number of amides is 2. The molecule has 0 aliphatic heterocycles. The van der Waals surface area contributed by atoms with E-state index in [0.29, 0.717) is 5.56 Å². The van der Waals surface area contributed by atoms with E-state index in [2.05, 4.69) is 5.32 Å². The number of hydrogen-bond donors (Lipinski definition) is 1. The second-order valence-corrected chi connectivity index (χ2v) is 13.1. The zero-order valence-electron chi connectivity index (χ0n) is 24.2. The standard InChI is InChI=1S/C33H32Cl2FN3O4S/c1-23(2)37-33(41)31(19-24-9-5-3-6-10-24)38(21-25-13-16-27(36)17-14-25)32(40)22-39(30-18-15-26(34)20-29(30)35)44(42,43)28-11-7-4-8-12-28/h3-18,20,23,31H,19,21-22H2,1-2H3,(H,37,41)/t31-/m0/s1. The molecule has 0 aliphatic carbocycles. The molecule has 0 fully saturated rings. The lowest BCUT2D eigenvalue weighted by Gasteiger charge is -2.34. The van der Waals surface area contributed by atoms with Crippen molar-refractivity contribution in [3.8, 4) is 0 Å². The zero-order chi connectivity index (χ0) is 31.9. The van der Waals surface area contributed by atoms with Gasteiger partial charge in [-0.05, 0) is 67.4 Å². The molecule has 0 unspecified atom stereocenters. The van der Waals surface area contributed by atoms with Gasteiger partial charge in [-0.1, -0.05) is 83.9 Å². The predicted octanol–water partition coefficient (Wildman–Crippen LogP) is 6.49. The fraction of sp³-hybridized carbons (Fsp3) is 0.212. The topological polar surface area (TPSA) is 86.8 Å². The van der Waals surface area contributed by atoms with Crippen molar-refractivity contribution in [2.24, 2.45) is 0 Å². The molecule has 11 heteroatoms. The van der Waals surface area contributed by atoms with E-state index in [1.54, 1.807) is 32.0 Å². The molecule has 0 heterocycles. The molecule has 0 saturated heterocycles. The minimum atomic E-state index is -4.31. The maximum absolute atomic E-state index is 14.4. The third-order valence-corrected chi connectivity index (χ3v) is 9.07. The molecule has 4 rings (SSSR count). The number of halogens is 3. The Balaban J connectivity index is 1.82. The summed E-state index contributed by atoms with van der Waals surface area (Å²) in [6, 6.07) is 25.4. The summed E-state index contributed by atoms with van der Waals surface area (Å²) in [6.07, 6.45) is 0.152. The molecule has 0 bridgehead atoms. The molecule has 1 atom stereocenters. The average molecular weight is 657 g/mol. The first-order chi connectivity index (χ1) is 21.0. The van der Waals surface area contributed by atoms with Gasteiger partial charge in [-0.25, -0.2) is 12.8 Å². The highest BCUT2D eigenvalue weighted by atomic mass is 35.5. The lowest BCUT2D eigenvalue weighted by Crippen LogP contribution is -2.54. The Bertz CT molecular complexity index is 1690. The first-order valence-corrected chi connectivity index (χ1v) is 16.1. The summed E-state index contributed by atoms with van der Waals surface area (Å²) in [6.45, 7) is 2.84. The van der Waals surface area contributed by atoms with Crippen LogP contribution in [0.5, 0.6) is 0 Å². The van der Waals surface area contributed by atoms with E-state index in [-0.39, 0.29) is 39.6 Å². The maximum Gasteiger partial charge on any atom is 0.264 e. The lowest BCUT2D eigenvalue weighted by atomic mass is 10.0. The number of anilines is 1. The molecule has 1 N–H and O–H groups in total. The van der Waals surface area contributed by atoms with Crippen LogP contribution in [-0.2, 0) is 32.6 Å². The molecule has 0 aliphatic rings. The molecule has 0 spiro atoms. The number of carbonyl (C=O) groups is 2. The quantitative estimate of drug-likeness (QED) is 0.189. The summed E-state index contributed by atoms with van der Waals surface area (Å²) < 4.78 is 42.7. The molecule has 4 aromatic rings. The number of benzene rings is 4. The third-order valence-electron chi connectivity index (χ3n) is 6.76. The molecular weight excluding hydrogens is 624 g/mol. The van der Waals surface area contributed by atoms with Crippen LogP contribution in [0.1, 0.15) is 25.0 Å².